The van der Waals surface area contributed by atoms with Crippen molar-refractivity contribution >= 4 is 22.9 Å². The number of likely N-dealkylation sites (N-methyl/N-ethyl adjacent to an activating group) is 1. The summed E-state index contributed by atoms with van der Waals surface area (Å²) in [6, 6.07) is 6.90. The molecule has 0 unspecified atom stereocenters. The van der Waals surface area contributed by atoms with Gasteiger partial charge in [0.2, 0.25) is 5.91 Å². The Morgan fingerprint density at radius 2 is 1.60 bits per heavy atom. The quantitative estimate of drug-likeness (QED) is 0.334. The number of methoxy groups -OCH3 is 2. The number of nitrogens with zero attached hydrogens (tertiary/aromatic N) is 3. The van der Waals surface area contributed by atoms with E-state index in [2.05, 4.69) is 0 Å². The number of carbonyl (C=O) groups excluding carboxylic acids is 1. The number of aromatic nitrogens is 2. The highest BCUT2D eigenvalue weighted by Gasteiger charge is 2.38. The molecule has 0 atom stereocenters. The molecule has 2 aromatic carbocycles. The number of fused-ring (bicyclic) bond motifs is 1. The van der Waals surface area contributed by atoms with Crippen molar-refractivity contribution in [2.45, 2.75) is 39.3 Å². The molecule has 3 N–H and O–H groups in total. The molecule has 3 aromatic rings. The molecule has 3 rings (SSSR count). The molecule has 0 saturated heterocycles. The maximum absolute atomic E-state index is 14.2. The van der Waals surface area contributed by atoms with Gasteiger partial charge in [0.15, 0.2) is 11.5 Å². The molecule has 0 fully saturated rings. The van der Waals surface area contributed by atoms with Crippen LogP contribution in [-0.2, 0) is 24.1 Å². The number of halogens is 6. The molecule has 0 saturated carbocycles. The molecule has 0 aliphatic rings. The van der Waals surface area contributed by atoms with E-state index < -0.39 is 35.5 Å². The Labute approximate surface area is 235 Å². The van der Waals surface area contributed by atoms with E-state index in [0.717, 1.165) is 4.57 Å². The number of carboxylic acids is 1. The number of carbonyl (C=O) groups is 2. The minimum atomic E-state index is -5.08. The van der Waals surface area contributed by atoms with Crippen molar-refractivity contribution in [3.63, 3.8) is 0 Å². The van der Waals surface area contributed by atoms with E-state index in [1.165, 1.54) is 24.9 Å². The molecule has 0 bridgehead atoms. The largest absolute Gasteiger partial charge is 0.493 e. The first-order valence-corrected chi connectivity index (χ1v) is 12.4. The van der Waals surface area contributed by atoms with E-state index in [-0.39, 0.29) is 29.7 Å². The Morgan fingerprint density at radius 1 is 1.00 bits per heavy atom. The van der Waals surface area contributed by atoms with Gasteiger partial charge in [-0.3, -0.25) is 13.9 Å². The number of para-hydroxylation sites is 1. The van der Waals surface area contributed by atoms with Gasteiger partial charge in [-0.1, -0.05) is 26.0 Å². The summed E-state index contributed by atoms with van der Waals surface area (Å²) >= 11 is 0. The molecule has 10 nitrogen and oxygen atoms in total. The van der Waals surface area contributed by atoms with Crippen LogP contribution in [0, 0.1) is 0 Å². The van der Waals surface area contributed by atoms with Gasteiger partial charge < -0.3 is 25.2 Å². The van der Waals surface area contributed by atoms with Gasteiger partial charge in [0, 0.05) is 24.2 Å². The number of rotatable bonds is 10. The van der Waals surface area contributed by atoms with Gasteiger partial charge in [-0.25, -0.2) is 9.59 Å². The maximum atomic E-state index is 14.2. The van der Waals surface area contributed by atoms with Crippen molar-refractivity contribution in [2.75, 3.05) is 33.9 Å². The van der Waals surface area contributed by atoms with Crippen LogP contribution < -0.4 is 20.9 Å². The van der Waals surface area contributed by atoms with Crippen LogP contribution in [0.25, 0.3) is 11.0 Å². The molecular formula is C26H30F6N4O6. The molecule has 0 radical (unpaired) electrons. The first kappa shape index (κ1) is 34.0. The Hall–Kier alpha value is -4.21. The third-order valence-electron chi connectivity index (χ3n) is 6.29. The third-order valence-corrected chi connectivity index (χ3v) is 6.29. The fourth-order valence-corrected chi connectivity index (χ4v) is 4.20. The number of hydrogen-bond acceptors (Lipinski definition) is 6. The summed E-state index contributed by atoms with van der Waals surface area (Å²) in [5.74, 6) is -3.07. The highest BCUT2D eigenvalue weighted by atomic mass is 19.4. The molecule has 42 heavy (non-hydrogen) atoms. The summed E-state index contributed by atoms with van der Waals surface area (Å²) in [7, 11) is 2.86. The van der Waals surface area contributed by atoms with Crippen molar-refractivity contribution in [1.82, 2.24) is 14.0 Å². The van der Waals surface area contributed by atoms with E-state index in [1.807, 2.05) is 18.7 Å². The topological polar surface area (TPSA) is 129 Å². The SMILES string of the molecule is CCN(CC)CCn1c(=O)n(Cc2cccc(OC)c2OC)c2c(C(F)(F)F)cc(C(N)=O)cc21.O=C(O)C(F)(F)F. The Bertz CT molecular complexity index is 1480. The molecule has 1 amide bonds. The molecule has 0 aliphatic carbocycles. The normalized spacial score (nSPS) is 11.8. The predicted octanol–water partition coefficient (Wildman–Crippen LogP) is 3.96. The van der Waals surface area contributed by atoms with Crippen LogP contribution in [0.4, 0.5) is 26.3 Å². The van der Waals surface area contributed by atoms with Crippen molar-refractivity contribution in [3.8, 4) is 11.5 Å². The standard InChI is InChI=1S/C24H29F3N4O4.C2HF3O2/c1-5-29(6-2)10-11-30-18-13-16(22(28)32)12-17(24(25,26)27)20(18)31(23(30)33)14-15-8-7-9-19(34-3)21(15)35-4;3-2(4,5)1(6)7/h7-9,12-13H,5-6,10-11,14H2,1-4H3,(H2,28,32);(H,6,7). The molecular weight excluding hydrogens is 578 g/mol. The smallest absolute Gasteiger partial charge is 0.490 e. The summed E-state index contributed by atoms with van der Waals surface area (Å²) in [6.07, 6.45) is -9.92. The second kappa shape index (κ2) is 13.6. The van der Waals surface area contributed by atoms with Crippen LogP contribution >= 0.6 is 0 Å². The van der Waals surface area contributed by atoms with Crippen molar-refractivity contribution < 1.29 is 50.5 Å². The molecule has 0 aliphatic heterocycles. The summed E-state index contributed by atoms with van der Waals surface area (Å²) < 4.78 is 87.3. The number of imidazole rings is 1. The molecule has 232 valence electrons. The average molecular weight is 609 g/mol. The minimum absolute atomic E-state index is 0.00681. The van der Waals surface area contributed by atoms with Gasteiger partial charge in [0.1, 0.15) is 0 Å². The summed E-state index contributed by atoms with van der Waals surface area (Å²) in [4.78, 5) is 36.3. The highest BCUT2D eigenvalue weighted by Crippen LogP contribution is 2.37. The van der Waals surface area contributed by atoms with Crippen LogP contribution in [0.1, 0.15) is 35.3 Å². The monoisotopic (exact) mass is 608 g/mol. The zero-order chi connectivity index (χ0) is 32.0. The van der Waals surface area contributed by atoms with Gasteiger partial charge in [-0.15, -0.1) is 0 Å². The number of aliphatic carboxylic acids is 1. The van der Waals surface area contributed by atoms with Crippen molar-refractivity contribution in [3.05, 3.63) is 57.5 Å². The second-order valence-corrected chi connectivity index (χ2v) is 8.76. The molecule has 16 heteroatoms. The van der Waals surface area contributed by atoms with E-state index >= 15 is 0 Å². The number of carboxylic acid groups (broad SMARTS) is 1. The van der Waals surface area contributed by atoms with E-state index in [1.54, 1.807) is 18.2 Å². The Morgan fingerprint density at radius 3 is 2.05 bits per heavy atom. The molecule has 1 aromatic heterocycles. The van der Waals surface area contributed by atoms with Gasteiger partial charge in [0.25, 0.3) is 0 Å². The van der Waals surface area contributed by atoms with Crippen LogP contribution in [-0.4, -0.2) is 71.0 Å². The first-order valence-electron chi connectivity index (χ1n) is 12.4. The fourth-order valence-electron chi connectivity index (χ4n) is 4.20. The second-order valence-electron chi connectivity index (χ2n) is 8.76. The number of alkyl halides is 6. The summed E-state index contributed by atoms with van der Waals surface area (Å²) in [5, 5.41) is 7.12. The Balaban J connectivity index is 0.000000782. The lowest BCUT2D eigenvalue weighted by atomic mass is 10.1. The van der Waals surface area contributed by atoms with Gasteiger partial charge >= 0.3 is 24.0 Å². The lowest BCUT2D eigenvalue weighted by molar-refractivity contribution is -0.192. The minimum Gasteiger partial charge on any atom is -0.493 e. The summed E-state index contributed by atoms with van der Waals surface area (Å²) in [6.45, 7) is 5.72. The number of primary amides is 1. The lowest BCUT2D eigenvalue weighted by Crippen LogP contribution is -2.32. The average Bonchev–Trinajstić information content (AvgIpc) is 3.17. The zero-order valence-corrected chi connectivity index (χ0v) is 23.1. The predicted molar refractivity (Wildman–Crippen MR) is 140 cm³/mol. The first-order chi connectivity index (χ1) is 19.5. The number of amides is 1. The van der Waals surface area contributed by atoms with Gasteiger partial charge in [-0.05, 0) is 31.3 Å². The van der Waals surface area contributed by atoms with Gasteiger partial charge in [-0.2, -0.15) is 26.3 Å². The third kappa shape index (κ3) is 7.74. The highest BCUT2D eigenvalue weighted by molar-refractivity contribution is 5.97. The molecule has 0 spiro atoms. The number of nitrogens with two attached hydrogens (primary N) is 1. The van der Waals surface area contributed by atoms with Crippen molar-refractivity contribution in [1.29, 1.82) is 0 Å². The molecule has 1 heterocycles. The van der Waals surface area contributed by atoms with Crippen LogP contribution in [0.2, 0.25) is 0 Å². The Kier molecular flexibility index (Phi) is 11.0. The summed E-state index contributed by atoms with van der Waals surface area (Å²) in [5.41, 5.74) is 3.40. The van der Waals surface area contributed by atoms with Crippen LogP contribution in [0.3, 0.4) is 0 Å². The van der Waals surface area contributed by atoms with Crippen LogP contribution in [0.15, 0.2) is 35.1 Å². The van der Waals surface area contributed by atoms with E-state index in [0.29, 0.717) is 42.8 Å². The van der Waals surface area contributed by atoms with Gasteiger partial charge in [0.05, 0.1) is 37.4 Å². The van der Waals surface area contributed by atoms with Crippen LogP contribution in [0.5, 0.6) is 11.5 Å². The van der Waals surface area contributed by atoms with E-state index in [9.17, 15) is 35.9 Å². The van der Waals surface area contributed by atoms with E-state index in [4.69, 9.17) is 25.1 Å². The maximum Gasteiger partial charge on any atom is 0.490 e. The number of benzene rings is 2. The number of ether oxygens (including phenoxy) is 2. The number of hydrogen-bond donors (Lipinski definition) is 2. The zero-order valence-electron chi connectivity index (χ0n) is 23.1. The van der Waals surface area contributed by atoms with Crippen molar-refractivity contribution in [2.24, 2.45) is 5.73 Å². The lowest BCUT2D eigenvalue weighted by Gasteiger charge is -2.18. The fraction of sp³-hybridized carbons (Fsp3) is 0.423.